The molecule has 5 nitrogen and oxygen atoms in total. The van der Waals surface area contributed by atoms with E-state index in [1.807, 2.05) is 5.32 Å². The van der Waals surface area contributed by atoms with Crippen molar-refractivity contribution in [2.45, 2.75) is 0 Å². The number of amides is 2. The fraction of sp³-hybridized carbons (Fsp3) is 0.0455. The average Bonchev–Trinajstić information content (AvgIpc) is 2.78. The van der Waals surface area contributed by atoms with Crippen LogP contribution in [0, 0.1) is 17.5 Å². The highest BCUT2D eigenvalue weighted by atomic mass is 79.9. The molecular weight excluding hydrogens is 477 g/mol. The van der Waals surface area contributed by atoms with Crippen LogP contribution in [0.3, 0.4) is 0 Å². The van der Waals surface area contributed by atoms with Gasteiger partial charge in [0, 0.05) is 15.6 Å². The van der Waals surface area contributed by atoms with E-state index in [0.717, 1.165) is 10.5 Å². The van der Waals surface area contributed by atoms with Crippen LogP contribution in [-0.4, -0.2) is 24.1 Å². The van der Waals surface area contributed by atoms with Crippen LogP contribution < -0.4 is 10.6 Å². The first-order chi connectivity index (χ1) is 14.8. The van der Waals surface area contributed by atoms with Gasteiger partial charge in [0.05, 0.1) is 17.8 Å². The molecule has 158 valence electrons. The Kier molecular flexibility index (Phi) is 6.86. The van der Waals surface area contributed by atoms with E-state index in [1.54, 1.807) is 36.4 Å². The molecule has 0 aliphatic rings. The lowest BCUT2D eigenvalue weighted by molar-refractivity contribution is -0.115. The highest BCUT2D eigenvalue weighted by molar-refractivity contribution is 9.10. The monoisotopic (exact) mass is 490 g/mol. The molecule has 0 saturated carbocycles. The smallest absolute Gasteiger partial charge is 0.252 e. The van der Waals surface area contributed by atoms with Gasteiger partial charge in [-0.3, -0.25) is 14.4 Å². The van der Waals surface area contributed by atoms with Crippen molar-refractivity contribution in [2.24, 2.45) is 0 Å². The first kappa shape index (κ1) is 22.2. The summed E-state index contributed by atoms with van der Waals surface area (Å²) < 4.78 is 40.7. The molecule has 2 N–H and O–H groups in total. The lowest BCUT2D eigenvalue weighted by Gasteiger charge is -2.11. The minimum Gasteiger partial charge on any atom is -0.343 e. The third kappa shape index (κ3) is 5.18. The number of anilines is 1. The zero-order valence-corrected chi connectivity index (χ0v) is 17.3. The predicted molar refractivity (Wildman–Crippen MR) is 111 cm³/mol. The van der Waals surface area contributed by atoms with E-state index in [0.29, 0.717) is 11.6 Å². The summed E-state index contributed by atoms with van der Waals surface area (Å²) in [4.78, 5) is 37.3. The van der Waals surface area contributed by atoms with Crippen LogP contribution in [0.5, 0.6) is 0 Å². The van der Waals surface area contributed by atoms with Crippen molar-refractivity contribution in [3.8, 4) is 0 Å². The third-order valence-corrected chi connectivity index (χ3v) is 4.77. The summed E-state index contributed by atoms with van der Waals surface area (Å²) in [5, 5.41) is 4.37. The minimum atomic E-state index is -1.72. The normalized spacial score (nSPS) is 10.5. The van der Waals surface area contributed by atoms with Crippen molar-refractivity contribution in [1.82, 2.24) is 5.32 Å². The molecule has 3 rings (SSSR count). The SMILES string of the molecule is O=C(CNC(=O)c1ccccc1C(=O)c1ccc(Br)cc1)Nc1ccc(F)c(F)c1F. The standard InChI is InChI=1S/C22H14BrF3N2O3/c23-13-7-5-12(6-8-13)21(30)14-3-1-2-4-15(14)22(31)27-11-18(29)28-17-10-9-16(24)19(25)20(17)26/h1-10H,11H2,(H,27,31)(H,28,29). The zero-order valence-electron chi connectivity index (χ0n) is 15.7. The fourth-order valence-corrected chi connectivity index (χ4v) is 2.97. The van der Waals surface area contributed by atoms with E-state index < -0.39 is 41.5 Å². The number of ketones is 1. The van der Waals surface area contributed by atoms with Crippen LogP contribution in [-0.2, 0) is 4.79 Å². The molecule has 0 saturated heterocycles. The second kappa shape index (κ2) is 9.57. The number of hydrogen-bond acceptors (Lipinski definition) is 3. The molecule has 0 aliphatic carbocycles. The third-order valence-electron chi connectivity index (χ3n) is 4.24. The summed E-state index contributed by atoms with van der Waals surface area (Å²) >= 11 is 3.28. The second-order valence-corrected chi connectivity index (χ2v) is 7.25. The molecule has 3 aromatic carbocycles. The van der Waals surface area contributed by atoms with Gasteiger partial charge < -0.3 is 10.6 Å². The van der Waals surface area contributed by atoms with Gasteiger partial charge in [-0.1, -0.05) is 34.1 Å². The maximum Gasteiger partial charge on any atom is 0.252 e. The number of hydrogen-bond donors (Lipinski definition) is 2. The second-order valence-electron chi connectivity index (χ2n) is 6.34. The van der Waals surface area contributed by atoms with Crippen molar-refractivity contribution < 1.29 is 27.6 Å². The van der Waals surface area contributed by atoms with Crippen molar-refractivity contribution in [3.05, 3.63) is 99.3 Å². The van der Waals surface area contributed by atoms with E-state index in [9.17, 15) is 27.6 Å². The predicted octanol–water partition coefficient (Wildman–Crippen LogP) is 4.47. The van der Waals surface area contributed by atoms with Crippen LogP contribution in [0.15, 0.2) is 65.1 Å². The maximum absolute atomic E-state index is 13.7. The summed E-state index contributed by atoms with van der Waals surface area (Å²) in [5.41, 5.74) is -0.0180. The average molecular weight is 491 g/mol. The Balaban J connectivity index is 1.70. The Bertz CT molecular complexity index is 1170. The van der Waals surface area contributed by atoms with Gasteiger partial charge in [0.1, 0.15) is 0 Å². The van der Waals surface area contributed by atoms with Crippen LogP contribution in [0.4, 0.5) is 18.9 Å². The Morgan fingerprint density at radius 1 is 0.806 bits per heavy atom. The number of rotatable bonds is 6. The molecule has 0 atom stereocenters. The minimum absolute atomic E-state index is 0.0437. The molecule has 31 heavy (non-hydrogen) atoms. The number of benzene rings is 3. The first-order valence-electron chi connectivity index (χ1n) is 8.88. The Morgan fingerprint density at radius 3 is 2.13 bits per heavy atom. The van der Waals surface area contributed by atoms with E-state index in [1.165, 1.54) is 12.1 Å². The lowest BCUT2D eigenvalue weighted by Crippen LogP contribution is -2.34. The number of nitrogens with one attached hydrogen (secondary N) is 2. The van der Waals surface area contributed by atoms with Gasteiger partial charge in [-0.05, 0) is 42.5 Å². The highest BCUT2D eigenvalue weighted by Crippen LogP contribution is 2.20. The number of carbonyl (C=O) groups is 3. The molecule has 0 radical (unpaired) electrons. The van der Waals surface area contributed by atoms with Gasteiger partial charge in [0.25, 0.3) is 5.91 Å². The van der Waals surface area contributed by atoms with Crippen LogP contribution >= 0.6 is 15.9 Å². The Morgan fingerprint density at radius 2 is 1.45 bits per heavy atom. The zero-order chi connectivity index (χ0) is 22.5. The maximum atomic E-state index is 13.7. The molecule has 0 bridgehead atoms. The molecule has 0 unspecified atom stereocenters. The molecule has 0 aromatic heterocycles. The van der Waals surface area contributed by atoms with E-state index in [-0.39, 0.29) is 16.9 Å². The molecule has 0 heterocycles. The van der Waals surface area contributed by atoms with Crippen LogP contribution in [0.25, 0.3) is 0 Å². The van der Waals surface area contributed by atoms with Gasteiger partial charge in [-0.25, -0.2) is 13.2 Å². The Hall–Kier alpha value is -3.46. The van der Waals surface area contributed by atoms with Gasteiger partial charge in [-0.15, -0.1) is 0 Å². The summed E-state index contributed by atoms with van der Waals surface area (Å²) in [6.07, 6.45) is 0. The Labute approximate surface area is 183 Å². The first-order valence-corrected chi connectivity index (χ1v) is 9.68. The van der Waals surface area contributed by atoms with Gasteiger partial charge in [0.2, 0.25) is 5.91 Å². The largest absolute Gasteiger partial charge is 0.343 e. The molecule has 0 fully saturated rings. The van der Waals surface area contributed by atoms with Crippen LogP contribution in [0.2, 0.25) is 0 Å². The van der Waals surface area contributed by atoms with Gasteiger partial charge in [0.15, 0.2) is 23.2 Å². The number of halogens is 4. The molecule has 0 spiro atoms. The van der Waals surface area contributed by atoms with Crippen molar-refractivity contribution in [2.75, 3.05) is 11.9 Å². The summed E-state index contributed by atoms with van der Waals surface area (Å²) in [6, 6.07) is 14.2. The quantitative estimate of drug-likeness (QED) is 0.395. The molecular formula is C22H14BrF3N2O3. The molecule has 0 aliphatic heterocycles. The van der Waals surface area contributed by atoms with Crippen molar-refractivity contribution >= 4 is 39.2 Å². The van der Waals surface area contributed by atoms with E-state index in [2.05, 4.69) is 21.2 Å². The van der Waals surface area contributed by atoms with Crippen molar-refractivity contribution in [3.63, 3.8) is 0 Å². The van der Waals surface area contributed by atoms with E-state index >= 15 is 0 Å². The molecule has 2 amide bonds. The fourth-order valence-electron chi connectivity index (χ4n) is 2.71. The topological polar surface area (TPSA) is 75.3 Å². The number of carbonyl (C=O) groups excluding carboxylic acids is 3. The summed E-state index contributed by atoms with van der Waals surface area (Å²) in [6.45, 7) is -0.585. The van der Waals surface area contributed by atoms with Crippen LogP contribution in [0.1, 0.15) is 26.3 Å². The summed E-state index contributed by atoms with van der Waals surface area (Å²) in [7, 11) is 0. The van der Waals surface area contributed by atoms with Gasteiger partial charge in [-0.2, -0.15) is 0 Å². The molecule has 9 heteroatoms. The highest BCUT2D eigenvalue weighted by Gasteiger charge is 2.19. The summed E-state index contributed by atoms with van der Waals surface area (Å²) in [5.74, 6) is -6.62. The molecule has 3 aromatic rings. The van der Waals surface area contributed by atoms with E-state index in [4.69, 9.17) is 0 Å². The van der Waals surface area contributed by atoms with Crippen molar-refractivity contribution in [1.29, 1.82) is 0 Å². The van der Waals surface area contributed by atoms with Gasteiger partial charge >= 0.3 is 0 Å². The lowest BCUT2D eigenvalue weighted by atomic mass is 9.98.